The van der Waals surface area contributed by atoms with E-state index >= 15 is 0 Å². The summed E-state index contributed by atoms with van der Waals surface area (Å²) in [6.45, 7) is 0.361. The van der Waals surface area contributed by atoms with Gasteiger partial charge >= 0.3 is 6.03 Å². The standard InChI is InChI=1S/C15H15FN4O4/c16-9-4-2-1-3-8(9)12-13(22)17-5-6-20(12)14(23)10-7-11(21)19-15(24)18-10/h1-4,10,12H,5-7H2,(H,17,22)(H2,18,19,21,24)/t10-,12?/m0/s1. The molecule has 2 aliphatic rings. The van der Waals surface area contributed by atoms with E-state index in [1.54, 1.807) is 6.07 Å². The molecular weight excluding hydrogens is 319 g/mol. The second-order valence-corrected chi connectivity index (χ2v) is 5.53. The molecule has 1 unspecified atom stereocenters. The van der Waals surface area contributed by atoms with Gasteiger partial charge in [0.15, 0.2) is 0 Å². The zero-order valence-electron chi connectivity index (χ0n) is 12.5. The van der Waals surface area contributed by atoms with Crippen molar-refractivity contribution in [3.63, 3.8) is 0 Å². The summed E-state index contributed by atoms with van der Waals surface area (Å²) in [5.74, 6) is -2.30. The highest BCUT2D eigenvalue weighted by Crippen LogP contribution is 2.26. The van der Waals surface area contributed by atoms with Gasteiger partial charge in [0.1, 0.15) is 17.9 Å². The Bertz CT molecular complexity index is 707. The first kappa shape index (κ1) is 15.9. The first-order valence-electron chi connectivity index (χ1n) is 7.40. The normalized spacial score (nSPS) is 24.0. The number of hydrogen-bond donors (Lipinski definition) is 3. The number of nitrogens with zero attached hydrogens (tertiary/aromatic N) is 1. The number of hydrogen-bond acceptors (Lipinski definition) is 4. The molecule has 1 aromatic carbocycles. The number of carbonyl (C=O) groups excluding carboxylic acids is 4. The maximum Gasteiger partial charge on any atom is 0.322 e. The van der Waals surface area contributed by atoms with Crippen LogP contribution in [0.3, 0.4) is 0 Å². The van der Waals surface area contributed by atoms with Crippen LogP contribution in [0.15, 0.2) is 24.3 Å². The molecular formula is C15H15FN4O4. The van der Waals surface area contributed by atoms with E-state index in [9.17, 15) is 23.6 Å². The fourth-order valence-electron chi connectivity index (χ4n) is 2.87. The summed E-state index contributed by atoms with van der Waals surface area (Å²) in [6, 6.07) is 2.69. The van der Waals surface area contributed by atoms with E-state index in [4.69, 9.17) is 0 Å². The van der Waals surface area contributed by atoms with Crippen LogP contribution in [0, 0.1) is 5.82 Å². The molecule has 0 aliphatic carbocycles. The highest BCUT2D eigenvalue weighted by molar-refractivity contribution is 6.03. The lowest BCUT2D eigenvalue weighted by molar-refractivity contribution is -0.146. The molecule has 3 N–H and O–H groups in total. The van der Waals surface area contributed by atoms with Crippen LogP contribution in [0.1, 0.15) is 18.0 Å². The number of urea groups is 1. The molecule has 5 amide bonds. The van der Waals surface area contributed by atoms with Crippen LogP contribution >= 0.6 is 0 Å². The van der Waals surface area contributed by atoms with Gasteiger partial charge in [0.2, 0.25) is 17.7 Å². The molecule has 2 heterocycles. The molecule has 0 bridgehead atoms. The van der Waals surface area contributed by atoms with Crippen LogP contribution in [-0.2, 0) is 14.4 Å². The summed E-state index contributed by atoms with van der Waals surface area (Å²) < 4.78 is 14.1. The fraction of sp³-hybridized carbons (Fsp3) is 0.333. The molecule has 3 rings (SSSR count). The predicted molar refractivity (Wildman–Crippen MR) is 78.9 cm³/mol. The van der Waals surface area contributed by atoms with Crippen molar-refractivity contribution in [2.75, 3.05) is 13.1 Å². The zero-order chi connectivity index (χ0) is 17.3. The topological polar surface area (TPSA) is 108 Å². The van der Waals surface area contributed by atoms with Gasteiger partial charge in [-0.1, -0.05) is 18.2 Å². The van der Waals surface area contributed by atoms with Crippen molar-refractivity contribution in [2.24, 2.45) is 0 Å². The minimum Gasteiger partial charge on any atom is -0.352 e. The Kier molecular flexibility index (Phi) is 4.15. The van der Waals surface area contributed by atoms with Gasteiger partial charge in [-0.15, -0.1) is 0 Å². The van der Waals surface area contributed by atoms with E-state index < -0.39 is 41.7 Å². The molecule has 126 valence electrons. The van der Waals surface area contributed by atoms with Crippen LogP contribution in [0.2, 0.25) is 0 Å². The van der Waals surface area contributed by atoms with Crippen molar-refractivity contribution in [2.45, 2.75) is 18.5 Å². The quantitative estimate of drug-likeness (QED) is 0.673. The number of amides is 5. The van der Waals surface area contributed by atoms with Crippen LogP contribution < -0.4 is 16.0 Å². The van der Waals surface area contributed by atoms with E-state index in [0.717, 1.165) is 0 Å². The maximum absolute atomic E-state index is 14.1. The first-order chi connectivity index (χ1) is 11.5. The Morgan fingerprint density at radius 3 is 2.67 bits per heavy atom. The molecule has 2 aliphatic heterocycles. The number of piperazine rings is 1. The predicted octanol–water partition coefficient (Wildman–Crippen LogP) is -0.577. The fourth-order valence-corrected chi connectivity index (χ4v) is 2.87. The minimum atomic E-state index is -1.14. The van der Waals surface area contributed by atoms with Gasteiger partial charge in [0.05, 0.1) is 6.42 Å². The van der Waals surface area contributed by atoms with Crippen LogP contribution in [0.5, 0.6) is 0 Å². The molecule has 2 saturated heterocycles. The van der Waals surface area contributed by atoms with E-state index in [-0.39, 0.29) is 25.1 Å². The molecule has 24 heavy (non-hydrogen) atoms. The van der Waals surface area contributed by atoms with Gasteiger partial charge in [-0.2, -0.15) is 0 Å². The summed E-state index contributed by atoms with van der Waals surface area (Å²) in [4.78, 5) is 49.0. The number of rotatable bonds is 2. The van der Waals surface area contributed by atoms with Crippen molar-refractivity contribution in [1.29, 1.82) is 0 Å². The summed E-state index contributed by atoms with van der Waals surface area (Å²) in [6.07, 6.45) is -0.229. The molecule has 2 atom stereocenters. The largest absolute Gasteiger partial charge is 0.352 e. The lowest BCUT2D eigenvalue weighted by atomic mass is 9.99. The number of carbonyl (C=O) groups is 4. The number of benzene rings is 1. The number of halogens is 1. The van der Waals surface area contributed by atoms with Crippen molar-refractivity contribution < 1.29 is 23.6 Å². The number of nitrogens with one attached hydrogen (secondary N) is 3. The van der Waals surface area contributed by atoms with Gasteiger partial charge in [0.25, 0.3) is 0 Å². The van der Waals surface area contributed by atoms with E-state index in [0.29, 0.717) is 0 Å². The average Bonchev–Trinajstić information content (AvgIpc) is 2.54. The smallest absolute Gasteiger partial charge is 0.322 e. The van der Waals surface area contributed by atoms with Crippen molar-refractivity contribution >= 4 is 23.8 Å². The van der Waals surface area contributed by atoms with Gasteiger partial charge in [-0.05, 0) is 6.07 Å². The third-order valence-electron chi connectivity index (χ3n) is 3.94. The Hall–Kier alpha value is -2.97. The summed E-state index contributed by atoms with van der Waals surface area (Å²) in [7, 11) is 0. The third-order valence-corrected chi connectivity index (χ3v) is 3.94. The number of imide groups is 1. The molecule has 1 aromatic rings. The Balaban J connectivity index is 1.90. The van der Waals surface area contributed by atoms with E-state index in [1.807, 2.05) is 5.32 Å². The Labute approximate surface area is 136 Å². The van der Waals surface area contributed by atoms with Crippen LogP contribution in [0.4, 0.5) is 9.18 Å². The highest BCUT2D eigenvalue weighted by atomic mass is 19.1. The highest BCUT2D eigenvalue weighted by Gasteiger charge is 2.40. The van der Waals surface area contributed by atoms with Crippen LogP contribution in [-0.4, -0.2) is 47.8 Å². The average molecular weight is 334 g/mol. The van der Waals surface area contributed by atoms with Gasteiger partial charge in [-0.3, -0.25) is 19.7 Å². The zero-order valence-corrected chi connectivity index (χ0v) is 12.5. The lowest BCUT2D eigenvalue weighted by Crippen LogP contribution is -2.61. The third kappa shape index (κ3) is 2.92. The van der Waals surface area contributed by atoms with E-state index in [1.165, 1.54) is 23.1 Å². The Morgan fingerprint density at radius 2 is 1.96 bits per heavy atom. The SMILES string of the molecule is O=C1C[C@@H](C(=O)N2CCNC(=O)C2c2ccccc2F)NC(=O)N1. The van der Waals surface area contributed by atoms with E-state index in [2.05, 4.69) is 10.6 Å². The van der Waals surface area contributed by atoms with Crippen LogP contribution in [0.25, 0.3) is 0 Å². The molecule has 0 radical (unpaired) electrons. The molecule has 2 fully saturated rings. The van der Waals surface area contributed by atoms with Crippen molar-refractivity contribution in [3.8, 4) is 0 Å². The first-order valence-corrected chi connectivity index (χ1v) is 7.40. The van der Waals surface area contributed by atoms with Gasteiger partial charge < -0.3 is 15.5 Å². The monoisotopic (exact) mass is 334 g/mol. The minimum absolute atomic E-state index is 0.0645. The van der Waals surface area contributed by atoms with Crippen molar-refractivity contribution in [1.82, 2.24) is 20.9 Å². The molecule has 0 spiro atoms. The van der Waals surface area contributed by atoms with Gasteiger partial charge in [-0.25, -0.2) is 9.18 Å². The maximum atomic E-state index is 14.1. The Morgan fingerprint density at radius 1 is 1.21 bits per heavy atom. The summed E-state index contributed by atoms with van der Waals surface area (Å²) in [5.41, 5.74) is 0.0645. The van der Waals surface area contributed by atoms with Gasteiger partial charge in [0, 0.05) is 18.7 Å². The molecule has 9 heteroatoms. The van der Waals surface area contributed by atoms with Crippen molar-refractivity contribution in [3.05, 3.63) is 35.6 Å². The second-order valence-electron chi connectivity index (χ2n) is 5.53. The summed E-state index contributed by atoms with van der Waals surface area (Å²) in [5, 5.41) is 6.98. The molecule has 0 saturated carbocycles. The second kappa shape index (κ2) is 6.26. The summed E-state index contributed by atoms with van der Waals surface area (Å²) >= 11 is 0. The lowest BCUT2D eigenvalue weighted by Gasteiger charge is -2.38. The molecule has 8 nitrogen and oxygen atoms in total. The molecule has 0 aromatic heterocycles.